The molecule has 0 aromatic heterocycles. The molecule has 0 bridgehead atoms. The monoisotopic (exact) mass is 340 g/mol. The molecule has 2 aromatic rings. The van der Waals surface area contributed by atoms with E-state index in [-0.39, 0.29) is 18.9 Å². The largest absolute Gasteiger partial charge is 0.326 e. The van der Waals surface area contributed by atoms with Crippen molar-refractivity contribution in [3.8, 4) is 0 Å². The number of benzene rings is 2. The van der Waals surface area contributed by atoms with Gasteiger partial charge in [-0.1, -0.05) is 30.3 Å². The number of amides is 3. The van der Waals surface area contributed by atoms with Crippen LogP contribution in [0, 0.1) is 5.82 Å². The molecule has 0 spiro atoms. The summed E-state index contributed by atoms with van der Waals surface area (Å²) in [5.74, 6) is -1.60. The van der Waals surface area contributed by atoms with Crippen molar-refractivity contribution in [3.05, 3.63) is 66.0 Å². The van der Waals surface area contributed by atoms with E-state index in [1.807, 2.05) is 30.3 Å². The lowest BCUT2D eigenvalue weighted by Crippen LogP contribution is -2.44. The molecule has 1 unspecified atom stereocenters. The highest BCUT2D eigenvalue weighted by Gasteiger charge is 2.43. The average molecular weight is 340 g/mol. The van der Waals surface area contributed by atoms with Gasteiger partial charge in [0.15, 0.2) is 0 Å². The Balaban J connectivity index is 1.86. The van der Waals surface area contributed by atoms with E-state index >= 15 is 0 Å². The fraction of sp³-hybridized carbons (Fsp3) is 0.211. The van der Waals surface area contributed by atoms with Crippen LogP contribution in [0.2, 0.25) is 0 Å². The molecule has 0 radical (unpaired) electrons. The molecule has 1 aliphatic heterocycles. The maximum absolute atomic E-state index is 13.1. The van der Waals surface area contributed by atoms with E-state index in [0.29, 0.717) is 5.69 Å². The van der Waals surface area contributed by atoms with Crippen molar-refractivity contribution in [2.24, 2.45) is 0 Å². The molecular formula is C19H17FN2O3. The number of hydrogen-bond donors (Lipinski definition) is 0. The number of nitrogens with zero attached hydrogens (tertiary/aromatic N) is 2. The molecule has 5 nitrogen and oxygen atoms in total. The number of imide groups is 1. The van der Waals surface area contributed by atoms with Crippen LogP contribution in [0.15, 0.2) is 54.6 Å². The van der Waals surface area contributed by atoms with Crippen molar-refractivity contribution in [1.29, 1.82) is 0 Å². The Morgan fingerprint density at radius 3 is 2.36 bits per heavy atom. The van der Waals surface area contributed by atoms with Gasteiger partial charge in [0.1, 0.15) is 11.9 Å². The zero-order valence-electron chi connectivity index (χ0n) is 13.7. The van der Waals surface area contributed by atoms with Gasteiger partial charge in [-0.15, -0.1) is 0 Å². The zero-order chi connectivity index (χ0) is 18.0. The van der Waals surface area contributed by atoms with Gasteiger partial charge in [0, 0.05) is 13.5 Å². The molecule has 1 heterocycles. The second-order valence-corrected chi connectivity index (χ2v) is 5.90. The van der Waals surface area contributed by atoms with Gasteiger partial charge < -0.3 is 4.90 Å². The summed E-state index contributed by atoms with van der Waals surface area (Å²) in [7, 11) is 0. The van der Waals surface area contributed by atoms with Gasteiger partial charge in [0.2, 0.25) is 11.8 Å². The Morgan fingerprint density at radius 2 is 1.76 bits per heavy atom. The SMILES string of the molecule is CC(=O)N(Cc1ccccc1)C1CC(=O)N(c2ccc(F)cc2)C1=O. The van der Waals surface area contributed by atoms with Gasteiger partial charge in [-0.2, -0.15) is 0 Å². The summed E-state index contributed by atoms with van der Waals surface area (Å²) in [6, 6.07) is 13.6. The minimum atomic E-state index is -0.852. The summed E-state index contributed by atoms with van der Waals surface area (Å²) in [5, 5.41) is 0. The summed E-state index contributed by atoms with van der Waals surface area (Å²) < 4.78 is 13.1. The standard InChI is InChI=1S/C19H17FN2O3/c1-13(23)21(12-14-5-3-2-4-6-14)17-11-18(24)22(19(17)25)16-9-7-15(20)8-10-16/h2-10,17H,11-12H2,1H3. The number of carbonyl (C=O) groups is 3. The average Bonchev–Trinajstić information content (AvgIpc) is 2.89. The maximum Gasteiger partial charge on any atom is 0.257 e. The van der Waals surface area contributed by atoms with Crippen molar-refractivity contribution in [2.75, 3.05) is 4.90 Å². The fourth-order valence-corrected chi connectivity index (χ4v) is 2.94. The molecular weight excluding hydrogens is 323 g/mol. The van der Waals surface area contributed by atoms with E-state index < -0.39 is 23.7 Å². The lowest BCUT2D eigenvalue weighted by molar-refractivity contribution is -0.137. The molecule has 0 aliphatic carbocycles. The van der Waals surface area contributed by atoms with E-state index in [0.717, 1.165) is 10.5 Å². The van der Waals surface area contributed by atoms with Crippen LogP contribution in [-0.2, 0) is 20.9 Å². The minimum absolute atomic E-state index is 0.0807. The normalized spacial score (nSPS) is 17.0. The molecule has 0 N–H and O–H groups in total. The highest BCUT2D eigenvalue weighted by Crippen LogP contribution is 2.27. The van der Waals surface area contributed by atoms with Crippen LogP contribution in [0.4, 0.5) is 10.1 Å². The third-order valence-corrected chi connectivity index (χ3v) is 4.18. The third kappa shape index (κ3) is 3.42. The molecule has 1 fully saturated rings. The van der Waals surface area contributed by atoms with Crippen LogP contribution in [-0.4, -0.2) is 28.7 Å². The molecule has 2 aromatic carbocycles. The van der Waals surface area contributed by atoms with E-state index in [1.54, 1.807) is 0 Å². The molecule has 1 aliphatic rings. The van der Waals surface area contributed by atoms with Crippen LogP contribution < -0.4 is 4.90 Å². The number of halogens is 1. The van der Waals surface area contributed by atoms with Crippen molar-refractivity contribution in [1.82, 2.24) is 4.90 Å². The van der Waals surface area contributed by atoms with Gasteiger partial charge in [0.05, 0.1) is 12.1 Å². The molecule has 0 saturated carbocycles. The van der Waals surface area contributed by atoms with Gasteiger partial charge in [0.25, 0.3) is 5.91 Å². The topological polar surface area (TPSA) is 57.7 Å². The first-order valence-electron chi connectivity index (χ1n) is 7.91. The molecule has 1 atom stereocenters. The second-order valence-electron chi connectivity index (χ2n) is 5.90. The van der Waals surface area contributed by atoms with Crippen LogP contribution >= 0.6 is 0 Å². The third-order valence-electron chi connectivity index (χ3n) is 4.18. The predicted molar refractivity (Wildman–Crippen MR) is 90.0 cm³/mol. The Hall–Kier alpha value is -3.02. The minimum Gasteiger partial charge on any atom is -0.326 e. The summed E-state index contributed by atoms with van der Waals surface area (Å²) in [4.78, 5) is 39.6. The Kier molecular flexibility index (Phi) is 4.61. The van der Waals surface area contributed by atoms with Crippen molar-refractivity contribution in [3.63, 3.8) is 0 Å². The first kappa shape index (κ1) is 16.8. The van der Waals surface area contributed by atoms with Crippen LogP contribution in [0.5, 0.6) is 0 Å². The summed E-state index contributed by atoms with van der Waals surface area (Å²) >= 11 is 0. The zero-order valence-corrected chi connectivity index (χ0v) is 13.7. The Labute approximate surface area is 144 Å². The van der Waals surface area contributed by atoms with E-state index in [9.17, 15) is 18.8 Å². The lowest BCUT2D eigenvalue weighted by Gasteiger charge is -2.26. The fourth-order valence-electron chi connectivity index (χ4n) is 2.94. The molecule has 1 saturated heterocycles. The van der Waals surface area contributed by atoms with Crippen molar-refractivity contribution in [2.45, 2.75) is 25.9 Å². The molecule has 6 heteroatoms. The second kappa shape index (κ2) is 6.84. The Morgan fingerprint density at radius 1 is 1.12 bits per heavy atom. The predicted octanol–water partition coefficient (Wildman–Crippen LogP) is 2.51. The first-order chi connectivity index (χ1) is 12.0. The van der Waals surface area contributed by atoms with E-state index in [1.165, 1.54) is 36.1 Å². The first-order valence-corrected chi connectivity index (χ1v) is 7.91. The van der Waals surface area contributed by atoms with Gasteiger partial charge in [-0.05, 0) is 29.8 Å². The molecule has 3 amide bonds. The van der Waals surface area contributed by atoms with Crippen molar-refractivity contribution < 1.29 is 18.8 Å². The quantitative estimate of drug-likeness (QED) is 0.804. The van der Waals surface area contributed by atoms with Crippen LogP contribution in [0.3, 0.4) is 0 Å². The smallest absolute Gasteiger partial charge is 0.257 e. The molecule has 3 rings (SSSR count). The highest BCUT2D eigenvalue weighted by atomic mass is 19.1. The van der Waals surface area contributed by atoms with Gasteiger partial charge in [-0.3, -0.25) is 14.4 Å². The van der Waals surface area contributed by atoms with Gasteiger partial charge in [-0.25, -0.2) is 9.29 Å². The summed E-state index contributed by atoms with van der Waals surface area (Å²) in [6.45, 7) is 1.62. The number of rotatable bonds is 4. The number of anilines is 1. The number of hydrogen-bond acceptors (Lipinski definition) is 3. The summed E-state index contributed by atoms with van der Waals surface area (Å²) in [6.07, 6.45) is -0.0807. The molecule has 25 heavy (non-hydrogen) atoms. The molecule has 128 valence electrons. The van der Waals surface area contributed by atoms with Crippen LogP contribution in [0.25, 0.3) is 0 Å². The maximum atomic E-state index is 13.1. The van der Waals surface area contributed by atoms with Crippen molar-refractivity contribution >= 4 is 23.4 Å². The number of carbonyl (C=O) groups excluding carboxylic acids is 3. The summed E-state index contributed by atoms with van der Waals surface area (Å²) in [5.41, 5.74) is 1.18. The van der Waals surface area contributed by atoms with E-state index in [4.69, 9.17) is 0 Å². The van der Waals surface area contributed by atoms with E-state index in [2.05, 4.69) is 0 Å². The highest BCUT2D eigenvalue weighted by molar-refractivity contribution is 6.22. The lowest BCUT2D eigenvalue weighted by atomic mass is 10.1. The van der Waals surface area contributed by atoms with Crippen LogP contribution in [0.1, 0.15) is 18.9 Å². The van der Waals surface area contributed by atoms with Gasteiger partial charge >= 0.3 is 0 Å². The Bertz CT molecular complexity index is 805.